The van der Waals surface area contributed by atoms with E-state index in [-0.39, 0.29) is 17.2 Å². The third-order valence-electron chi connectivity index (χ3n) is 1.58. The van der Waals surface area contributed by atoms with Crippen molar-refractivity contribution >= 4 is 6.16 Å². The maximum Gasteiger partial charge on any atom is 0.586 e. The molecule has 0 saturated heterocycles. The summed E-state index contributed by atoms with van der Waals surface area (Å²) in [5, 5.41) is 8.28. The molecule has 0 atom stereocenters. The maximum absolute atomic E-state index is 12.5. The van der Waals surface area contributed by atoms with E-state index in [1.54, 1.807) is 0 Å². The molecule has 0 aromatic heterocycles. The molecule has 15 heavy (non-hydrogen) atoms. The Labute approximate surface area is 81.8 Å². The SMILES string of the molecule is O=C(O)Oc1ccc2c(c1)OC(F)(F)O2. The van der Waals surface area contributed by atoms with Crippen molar-refractivity contribution < 1.29 is 32.9 Å². The fourth-order valence-electron chi connectivity index (χ4n) is 1.09. The molecule has 1 aliphatic rings. The Bertz CT molecular complexity index is 417. The highest BCUT2D eigenvalue weighted by atomic mass is 19.3. The number of hydrogen-bond acceptors (Lipinski definition) is 4. The van der Waals surface area contributed by atoms with Crippen molar-refractivity contribution in [1.29, 1.82) is 0 Å². The number of benzene rings is 1. The van der Waals surface area contributed by atoms with Crippen molar-refractivity contribution in [3.05, 3.63) is 18.2 Å². The largest absolute Gasteiger partial charge is 0.586 e. The van der Waals surface area contributed by atoms with Gasteiger partial charge in [0.15, 0.2) is 11.5 Å². The van der Waals surface area contributed by atoms with E-state index in [0.29, 0.717) is 0 Å². The van der Waals surface area contributed by atoms with Gasteiger partial charge < -0.3 is 19.3 Å². The number of halogens is 2. The van der Waals surface area contributed by atoms with Gasteiger partial charge in [0.05, 0.1) is 0 Å². The predicted octanol–water partition coefficient (Wildman–Crippen LogP) is 2.06. The van der Waals surface area contributed by atoms with Crippen LogP contribution in [0.5, 0.6) is 17.2 Å². The minimum atomic E-state index is -3.72. The molecule has 1 aromatic carbocycles. The second-order valence-electron chi connectivity index (χ2n) is 2.64. The monoisotopic (exact) mass is 218 g/mol. The zero-order valence-corrected chi connectivity index (χ0v) is 7.07. The van der Waals surface area contributed by atoms with Crippen molar-refractivity contribution in [3.8, 4) is 17.2 Å². The number of hydrogen-bond donors (Lipinski definition) is 1. The van der Waals surface area contributed by atoms with Crippen LogP contribution in [0.3, 0.4) is 0 Å². The first-order valence-corrected chi connectivity index (χ1v) is 3.77. The summed E-state index contributed by atoms with van der Waals surface area (Å²) in [5.41, 5.74) is 0. The summed E-state index contributed by atoms with van der Waals surface area (Å²) in [5.74, 6) is -0.556. The van der Waals surface area contributed by atoms with Crippen LogP contribution >= 0.6 is 0 Å². The van der Waals surface area contributed by atoms with Crippen LogP contribution in [0.4, 0.5) is 13.6 Å². The van der Waals surface area contributed by atoms with Gasteiger partial charge in [-0.15, -0.1) is 8.78 Å². The standard InChI is InChI=1S/C8H4F2O5/c9-8(10)14-5-2-1-4(13-7(11)12)3-6(5)15-8/h1-3H,(H,11,12). The average Bonchev–Trinajstić information content (AvgIpc) is 2.36. The van der Waals surface area contributed by atoms with E-state index in [0.717, 1.165) is 12.1 Å². The van der Waals surface area contributed by atoms with Crippen LogP contribution < -0.4 is 14.2 Å². The number of carbonyl (C=O) groups is 1. The Morgan fingerprint density at radius 2 is 2.00 bits per heavy atom. The quantitative estimate of drug-likeness (QED) is 0.577. The van der Waals surface area contributed by atoms with Crippen molar-refractivity contribution in [2.24, 2.45) is 0 Å². The molecule has 0 saturated carbocycles. The summed E-state index contributed by atoms with van der Waals surface area (Å²) in [6, 6.07) is 3.32. The van der Waals surface area contributed by atoms with Crippen LogP contribution in [0.25, 0.3) is 0 Å². The Kier molecular flexibility index (Phi) is 1.88. The summed E-state index contributed by atoms with van der Waals surface area (Å²) in [6.45, 7) is 0. The lowest BCUT2D eigenvalue weighted by molar-refractivity contribution is -0.286. The smallest absolute Gasteiger partial charge is 0.449 e. The number of carboxylic acid groups (broad SMARTS) is 1. The second kappa shape index (κ2) is 2.97. The zero-order valence-electron chi connectivity index (χ0n) is 7.07. The van der Waals surface area contributed by atoms with Gasteiger partial charge in [-0.1, -0.05) is 0 Å². The molecule has 2 rings (SSSR count). The average molecular weight is 218 g/mol. The van der Waals surface area contributed by atoms with E-state index in [2.05, 4.69) is 14.2 Å². The van der Waals surface area contributed by atoms with Crippen molar-refractivity contribution in [2.45, 2.75) is 6.29 Å². The molecule has 0 unspecified atom stereocenters. The van der Waals surface area contributed by atoms with E-state index in [9.17, 15) is 13.6 Å². The molecule has 0 aliphatic carbocycles. The Balaban J connectivity index is 2.26. The third-order valence-corrected chi connectivity index (χ3v) is 1.58. The summed E-state index contributed by atoms with van der Waals surface area (Å²) >= 11 is 0. The summed E-state index contributed by atoms with van der Waals surface area (Å²) < 4.78 is 37.5. The molecule has 1 aromatic rings. The van der Waals surface area contributed by atoms with Gasteiger partial charge in [-0.2, -0.15) is 0 Å². The lowest BCUT2D eigenvalue weighted by Gasteiger charge is -2.04. The van der Waals surface area contributed by atoms with E-state index < -0.39 is 12.5 Å². The molecule has 1 N–H and O–H groups in total. The van der Waals surface area contributed by atoms with Crippen LogP contribution in [0.2, 0.25) is 0 Å². The molecule has 7 heteroatoms. The van der Waals surface area contributed by atoms with Crippen LogP contribution in [-0.4, -0.2) is 17.6 Å². The Hall–Kier alpha value is -2.05. The maximum atomic E-state index is 12.5. The molecule has 0 radical (unpaired) electrons. The van der Waals surface area contributed by atoms with Crippen LogP contribution in [0.1, 0.15) is 0 Å². The lowest BCUT2D eigenvalue weighted by Crippen LogP contribution is -2.25. The van der Waals surface area contributed by atoms with E-state index >= 15 is 0 Å². The molecule has 1 heterocycles. The minimum absolute atomic E-state index is 0.123. The van der Waals surface area contributed by atoms with Crippen LogP contribution in [0.15, 0.2) is 18.2 Å². The van der Waals surface area contributed by atoms with Gasteiger partial charge in [-0.3, -0.25) is 0 Å². The third kappa shape index (κ3) is 1.90. The fourth-order valence-corrected chi connectivity index (χ4v) is 1.09. The molecule has 0 amide bonds. The minimum Gasteiger partial charge on any atom is -0.449 e. The van der Waals surface area contributed by atoms with Crippen molar-refractivity contribution in [2.75, 3.05) is 0 Å². The second-order valence-corrected chi connectivity index (χ2v) is 2.64. The van der Waals surface area contributed by atoms with Crippen LogP contribution in [0, 0.1) is 0 Å². The van der Waals surface area contributed by atoms with Gasteiger partial charge in [-0.25, -0.2) is 4.79 Å². The van der Waals surface area contributed by atoms with Gasteiger partial charge in [-0.05, 0) is 12.1 Å². The molecule has 0 spiro atoms. The fraction of sp³-hybridized carbons (Fsp3) is 0.125. The highest BCUT2D eigenvalue weighted by molar-refractivity contribution is 5.62. The zero-order chi connectivity index (χ0) is 11.1. The van der Waals surface area contributed by atoms with E-state index in [1.807, 2.05) is 0 Å². The highest BCUT2D eigenvalue weighted by Gasteiger charge is 2.43. The van der Waals surface area contributed by atoms with E-state index in [1.165, 1.54) is 6.07 Å². The Morgan fingerprint density at radius 3 is 2.67 bits per heavy atom. The molecule has 5 nitrogen and oxygen atoms in total. The number of rotatable bonds is 1. The van der Waals surface area contributed by atoms with Gasteiger partial charge >= 0.3 is 12.5 Å². The first-order valence-electron chi connectivity index (χ1n) is 3.77. The summed E-state index contributed by atoms with van der Waals surface area (Å²) in [7, 11) is 0. The van der Waals surface area contributed by atoms with Crippen LogP contribution in [-0.2, 0) is 0 Å². The molecular weight excluding hydrogens is 214 g/mol. The number of alkyl halides is 2. The Morgan fingerprint density at radius 1 is 1.33 bits per heavy atom. The lowest BCUT2D eigenvalue weighted by atomic mass is 10.3. The summed E-state index contributed by atoms with van der Waals surface area (Å²) in [4.78, 5) is 10.2. The van der Waals surface area contributed by atoms with Crippen molar-refractivity contribution in [1.82, 2.24) is 0 Å². The van der Waals surface area contributed by atoms with Gasteiger partial charge in [0.1, 0.15) is 5.75 Å². The van der Waals surface area contributed by atoms with E-state index in [4.69, 9.17) is 5.11 Å². The normalized spacial score (nSPS) is 16.1. The molecular formula is C8H4F2O5. The summed E-state index contributed by atoms with van der Waals surface area (Å²) in [6.07, 6.45) is -5.26. The van der Waals surface area contributed by atoms with Gasteiger partial charge in [0.2, 0.25) is 0 Å². The van der Waals surface area contributed by atoms with Crippen molar-refractivity contribution in [3.63, 3.8) is 0 Å². The molecule has 0 fully saturated rings. The molecule has 0 bridgehead atoms. The van der Waals surface area contributed by atoms with Gasteiger partial charge in [0, 0.05) is 6.07 Å². The molecule has 80 valence electrons. The molecule has 1 aliphatic heterocycles. The predicted molar refractivity (Wildman–Crippen MR) is 41.3 cm³/mol. The number of fused-ring (bicyclic) bond motifs is 1. The topological polar surface area (TPSA) is 65.0 Å². The first-order chi connectivity index (χ1) is 6.96. The van der Waals surface area contributed by atoms with Gasteiger partial charge in [0.25, 0.3) is 0 Å². The number of ether oxygens (including phenoxy) is 3. The first kappa shape index (κ1) is 9.50. The highest BCUT2D eigenvalue weighted by Crippen LogP contribution is 2.42.